The van der Waals surface area contributed by atoms with Crippen LogP contribution in [-0.4, -0.2) is 55.5 Å². The molecule has 33 heavy (non-hydrogen) atoms. The van der Waals surface area contributed by atoms with Crippen LogP contribution in [0, 0.1) is 5.92 Å². The number of rotatable bonds is 7. The standard InChI is InChI=1S/C23H26N4O5S/c1-31-21-8-7-20(15-22(21)32-2)33(29,30)27-12-9-17(10-13-27)23(28)25-18-3-5-19(6-4-18)26-14-11-24-16-26/h3-8,11,14-17H,9-10,12-13H2,1-2H3,(H,25,28). The van der Waals surface area contributed by atoms with E-state index in [0.29, 0.717) is 30.0 Å². The number of ether oxygens (including phenoxy) is 2. The van der Waals surface area contributed by atoms with Gasteiger partial charge in [0.15, 0.2) is 11.5 Å². The predicted octanol–water partition coefficient (Wildman–Crippen LogP) is 2.93. The molecule has 1 aliphatic rings. The Morgan fingerprint density at radius 2 is 1.73 bits per heavy atom. The number of imidazole rings is 1. The van der Waals surface area contributed by atoms with Crippen LogP contribution in [0.1, 0.15) is 12.8 Å². The van der Waals surface area contributed by atoms with Gasteiger partial charge in [0.2, 0.25) is 15.9 Å². The minimum Gasteiger partial charge on any atom is -0.493 e. The van der Waals surface area contributed by atoms with Gasteiger partial charge in [0.05, 0.1) is 25.4 Å². The van der Waals surface area contributed by atoms with E-state index in [1.165, 1.54) is 30.7 Å². The van der Waals surface area contributed by atoms with Gasteiger partial charge < -0.3 is 19.4 Å². The van der Waals surface area contributed by atoms with Crippen LogP contribution in [0.3, 0.4) is 0 Å². The van der Waals surface area contributed by atoms with Crippen LogP contribution < -0.4 is 14.8 Å². The summed E-state index contributed by atoms with van der Waals surface area (Å²) in [6.07, 6.45) is 6.15. The van der Waals surface area contributed by atoms with E-state index in [4.69, 9.17) is 9.47 Å². The number of aromatic nitrogens is 2. The van der Waals surface area contributed by atoms with E-state index >= 15 is 0 Å². The van der Waals surface area contributed by atoms with Gasteiger partial charge in [-0.1, -0.05) is 0 Å². The third-order valence-corrected chi connectivity index (χ3v) is 7.65. The lowest BCUT2D eigenvalue weighted by atomic mass is 9.97. The van der Waals surface area contributed by atoms with Crippen molar-refractivity contribution in [1.29, 1.82) is 0 Å². The fraction of sp³-hybridized carbons (Fsp3) is 0.304. The van der Waals surface area contributed by atoms with Gasteiger partial charge in [-0.15, -0.1) is 0 Å². The van der Waals surface area contributed by atoms with Crippen molar-refractivity contribution in [2.24, 2.45) is 5.92 Å². The SMILES string of the molecule is COc1ccc(S(=O)(=O)N2CCC(C(=O)Nc3ccc(-n4ccnc4)cc3)CC2)cc1OC. The van der Waals surface area contributed by atoms with E-state index in [9.17, 15) is 13.2 Å². The zero-order valence-corrected chi connectivity index (χ0v) is 19.3. The first kappa shape index (κ1) is 22.8. The van der Waals surface area contributed by atoms with Crippen LogP contribution >= 0.6 is 0 Å². The highest BCUT2D eigenvalue weighted by atomic mass is 32.2. The van der Waals surface area contributed by atoms with Crippen molar-refractivity contribution in [3.8, 4) is 17.2 Å². The number of carbonyl (C=O) groups is 1. The highest BCUT2D eigenvalue weighted by molar-refractivity contribution is 7.89. The maximum Gasteiger partial charge on any atom is 0.243 e. The van der Waals surface area contributed by atoms with Gasteiger partial charge in [0.1, 0.15) is 0 Å². The molecule has 1 amide bonds. The fourth-order valence-electron chi connectivity index (χ4n) is 3.86. The molecule has 174 valence electrons. The normalized spacial score (nSPS) is 15.2. The number of nitrogens with zero attached hydrogens (tertiary/aromatic N) is 3. The minimum atomic E-state index is -3.70. The molecule has 9 nitrogen and oxygen atoms in total. The maximum atomic E-state index is 13.1. The quantitative estimate of drug-likeness (QED) is 0.570. The summed E-state index contributed by atoms with van der Waals surface area (Å²) < 4.78 is 39.8. The molecule has 1 fully saturated rings. The van der Waals surface area contributed by atoms with Gasteiger partial charge in [0.25, 0.3) is 0 Å². The molecule has 4 rings (SSSR count). The van der Waals surface area contributed by atoms with Gasteiger partial charge >= 0.3 is 0 Å². The van der Waals surface area contributed by atoms with Crippen LogP contribution in [0.25, 0.3) is 5.69 Å². The Balaban J connectivity index is 1.36. The fourth-order valence-corrected chi connectivity index (χ4v) is 5.34. The van der Waals surface area contributed by atoms with Gasteiger partial charge in [-0.05, 0) is 49.2 Å². The van der Waals surface area contributed by atoms with E-state index in [1.807, 2.05) is 35.0 Å². The van der Waals surface area contributed by atoms with Crippen LogP contribution in [-0.2, 0) is 14.8 Å². The molecule has 0 saturated carbocycles. The summed E-state index contributed by atoms with van der Waals surface area (Å²) in [4.78, 5) is 16.9. The summed E-state index contributed by atoms with van der Waals surface area (Å²) in [5.74, 6) is 0.459. The van der Waals surface area contributed by atoms with E-state index in [1.54, 1.807) is 18.6 Å². The van der Waals surface area contributed by atoms with E-state index in [-0.39, 0.29) is 29.8 Å². The molecule has 2 aromatic carbocycles. The molecule has 1 aromatic heterocycles. The average Bonchev–Trinajstić information content (AvgIpc) is 3.39. The third-order valence-electron chi connectivity index (χ3n) is 5.75. The number of hydrogen-bond donors (Lipinski definition) is 1. The van der Waals surface area contributed by atoms with Crippen molar-refractivity contribution < 1.29 is 22.7 Å². The maximum absolute atomic E-state index is 13.1. The van der Waals surface area contributed by atoms with Gasteiger partial charge in [-0.2, -0.15) is 4.31 Å². The third kappa shape index (κ3) is 4.86. The van der Waals surface area contributed by atoms with Gasteiger partial charge in [-0.3, -0.25) is 4.79 Å². The Morgan fingerprint density at radius 1 is 1.03 bits per heavy atom. The van der Waals surface area contributed by atoms with Crippen molar-refractivity contribution in [2.45, 2.75) is 17.7 Å². The first-order valence-corrected chi connectivity index (χ1v) is 12.0. The minimum absolute atomic E-state index is 0.103. The van der Waals surface area contributed by atoms with Crippen LogP contribution in [0.2, 0.25) is 0 Å². The molecule has 0 aliphatic carbocycles. The molecular formula is C23H26N4O5S. The van der Waals surface area contributed by atoms with Crippen LogP contribution in [0.5, 0.6) is 11.5 Å². The Morgan fingerprint density at radius 3 is 2.33 bits per heavy atom. The molecule has 0 unspecified atom stereocenters. The van der Waals surface area contributed by atoms with Crippen molar-refractivity contribution in [1.82, 2.24) is 13.9 Å². The van der Waals surface area contributed by atoms with Gasteiger partial charge in [0, 0.05) is 48.8 Å². The van der Waals surface area contributed by atoms with E-state index < -0.39 is 10.0 Å². The number of benzene rings is 2. The Labute approximate surface area is 193 Å². The monoisotopic (exact) mass is 470 g/mol. The number of amides is 1. The summed E-state index contributed by atoms with van der Waals surface area (Å²) in [5.41, 5.74) is 1.64. The summed E-state index contributed by atoms with van der Waals surface area (Å²) in [6, 6.07) is 12.0. The first-order valence-electron chi connectivity index (χ1n) is 10.5. The zero-order valence-electron chi connectivity index (χ0n) is 18.5. The number of nitrogens with one attached hydrogen (secondary N) is 1. The largest absolute Gasteiger partial charge is 0.493 e. The number of sulfonamides is 1. The zero-order chi connectivity index (χ0) is 23.4. The van der Waals surface area contributed by atoms with E-state index in [0.717, 1.165) is 5.69 Å². The molecule has 0 atom stereocenters. The summed E-state index contributed by atoms with van der Waals surface area (Å²) in [5, 5.41) is 2.93. The summed E-state index contributed by atoms with van der Waals surface area (Å²) >= 11 is 0. The predicted molar refractivity (Wildman–Crippen MR) is 123 cm³/mol. The molecule has 1 N–H and O–H groups in total. The molecule has 10 heteroatoms. The van der Waals surface area contributed by atoms with Gasteiger partial charge in [-0.25, -0.2) is 13.4 Å². The summed E-state index contributed by atoms with van der Waals surface area (Å²) in [7, 11) is -0.737. The second-order valence-corrected chi connectivity index (χ2v) is 9.64. The van der Waals surface area contributed by atoms with Crippen molar-refractivity contribution in [2.75, 3.05) is 32.6 Å². The van der Waals surface area contributed by atoms with Crippen LogP contribution in [0.4, 0.5) is 5.69 Å². The Bertz CT molecular complexity index is 1200. The Hall–Kier alpha value is -3.37. The summed E-state index contributed by atoms with van der Waals surface area (Å²) in [6.45, 7) is 0.544. The number of methoxy groups -OCH3 is 2. The van der Waals surface area contributed by atoms with Crippen molar-refractivity contribution in [3.05, 3.63) is 61.2 Å². The highest BCUT2D eigenvalue weighted by Gasteiger charge is 2.32. The number of piperidine rings is 1. The van der Waals surface area contributed by atoms with Crippen molar-refractivity contribution >= 4 is 21.6 Å². The second kappa shape index (κ2) is 9.63. The first-order chi connectivity index (χ1) is 15.9. The molecular weight excluding hydrogens is 444 g/mol. The lowest BCUT2D eigenvalue weighted by Crippen LogP contribution is -2.41. The topological polar surface area (TPSA) is 103 Å². The average molecular weight is 471 g/mol. The molecule has 0 radical (unpaired) electrons. The number of carbonyl (C=O) groups excluding carboxylic acids is 1. The highest BCUT2D eigenvalue weighted by Crippen LogP contribution is 2.32. The molecule has 3 aromatic rings. The lowest BCUT2D eigenvalue weighted by Gasteiger charge is -2.30. The molecule has 0 spiro atoms. The lowest BCUT2D eigenvalue weighted by molar-refractivity contribution is -0.120. The Kier molecular flexibility index (Phi) is 6.66. The number of anilines is 1. The number of hydrogen-bond acceptors (Lipinski definition) is 6. The molecule has 1 saturated heterocycles. The van der Waals surface area contributed by atoms with Crippen molar-refractivity contribution in [3.63, 3.8) is 0 Å². The second-order valence-electron chi connectivity index (χ2n) is 7.70. The molecule has 2 heterocycles. The smallest absolute Gasteiger partial charge is 0.243 e. The van der Waals surface area contributed by atoms with E-state index in [2.05, 4.69) is 10.3 Å². The molecule has 1 aliphatic heterocycles. The van der Waals surface area contributed by atoms with Crippen LogP contribution in [0.15, 0.2) is 66.1 Å². The molecule has 0 bridgehead atoms.